The van der Waals surface area contributed by atoms with E-state index in [0.717, 1.165) is 62.7 Å². The fourth-order valence-electron chi connectivity index (χ4n) is 4.37. The highest BCUT2D eigenvalue weighted by atomic mass is 19.1. The maximum Gasteiger partial charge on any atom is 0.131 e. The predicted molar refractivity (Wildman–Crippen MR) is 121 cm³/mol. The van der Waals surface area contributed by atoms with Crippen LogP contribution in [0.4, 0.5) is 8.78 Å². The van der Waals surface area contributed by atoms with E-state index >= 15 is 0 Å². The largest absolute Gasteiger partial charge is 0.378 e. The van der Waals surface area contributed by atoms with E-state index in [4.69, 9.17) is 4.74 Å². The van der Waals surface area contributed by atoms with Gasteiger partial charge >= 0.3 is 0 Å². The maximum absolute atomic E-state index is 14.9. The molecule has 1 saturated carbocycles. The van der Waals surface area contributed by atoms with E-state index in [1.165, 1.54) is 18.9 Å². The third kappa shape index (κ3) is 6.01. The normalized spacial score (nSPS) is 19.0. The Kier molecular flexibility index (Phi) is 8.62. The highest BCUT2D eigenvalue weighted by molar-refractivity contribution is 5.65. The number of halogens is 2. The van der Waals surface area contributed by atoms with Gasteiger partial charge in [0.05, 0.1) is 6.10 Å². The zero-order chi connectivity index (χ0) is 21.3. The Balaban J connectivity index is 1.61. The lowest BCUT2D eigenvalue weighted by molar-refractivity contribution is 0.0227. The van der Waals surface area contributed by atoms with Crippen LogP contribution in [0.3, 0.4) is 0 Å². The van der Waals surface area contributed by atoms with Crippen molar-refractivity contribution in [2.24, 2.45) is 0 Å². The average molecular weight is 413 g/mol. The van der Waals surface area contributed by atoms with E-state index in [1.54, 1.807) is 18.2 Å². The monoisotopic (exact) mass is 412 g/mol. The molecular formula is C27H34F2O. The van der Waals surface area contributed by atoms with E-state index in [9.17, 15) is 8.78 Å². The molecule has 0 heterocycles. The zero-order valence-electron chi connectivity index (χ0n) is 18.1. The number of ether oxygens (including phenoxy) is 1. The van der Waals surface area contributed by atoms with Gasteiger partial charge in [-0.25, -0.2) is 8.78 Å². The van der Waals surface area contributed by atoms with Gasteiger partial charge in [0, 0.05) is 17.7 Å². The van der Waals surface area contributed by atoms with Gasteiger partial charge in [0.1, 0.15) is 11.6 Å². The Labute approximate surface area is 180 Å². The molecule has 0 unspecified atom stereocenters. The summed E-state index contributed by atoms with van der Waals surface area (Å²) >= 11 is 0. The van der Waals surface area contributed by atoms with Gasteiger partial charge in [-0.1, -0.05) is 50.1 Å². The molecule has 30 heavy (non-hydrogen) atoms. The minimum atomic E-state index is -0.371. The molecule has 0 bridgehead atoms. The van der Waals surface area contributed by atoms with Crippen LogP contribution in [0.1, 0.15) is 75.3 Å². The molecule has 0 amide bonds. The van der Waals surface area contributed by atoms with E-state index in [-0.39, 0.29) is 11.6 Å². The average Bonchev–Trinajstić information content (AvgIpc) is 2.76. The van der Waals surface area contributed by atoms with Crippen molar-refractivity contribution >= 4 is 0 Å². The summed E-state index contributed by atoms with van der Waals surface area (Å²) in [5.41, 5.74) is 2.58. The number of unbranched alkanes of at least 4 members (excludes halogenated alkanes) is 2. The molecule has 162 valence electrons. The number of allylic oxidation sites excluding steroid dienone is 1. The van der Waals surface area contributed by atoms with Crippen LogP contribution < -0.4 is 0 Å². The molecule has 0 spiro atoms. The van der Waals surface area contributed by atoms with Crippen molar-refractivity contribution in [1.29, 1.82) is 0 Å². The summed E-state index contributed by atoms with van der Waals surface area (Å²) in [6, 6.07) is 10.4. The molecule has 3 rings (SSSR count). The topological polar surface area (TPSA) is 9.23 Å². The van der Waals surface area contributed by atoms with Crippen molar-refractivity contribution in [3.8, 4) is 11.1 Å². The smallest absolute Gasteiger partial charge is 0.131 e. The zero-order valence-corrected chi connectivity index (χ0v) is 18.1. The minimum absolute atomic E-state index is 0.325. The molecule has 3 heteroatoms. The molecule has 0 atom stereocenters. The predicted octanol–water partition coefficient (Wildman–Crippen LogP) is 7.98. The first-order valence-corrected chi connectivity index (χ1v) is 11.4. The molecule has 2 aromatic carbocycles. The Morgan fingerprint density at radius 3 is 2.30 bits per heavy atom. The molecule has 0 aromatic heterocycles. The first-order valence-electron chi connectivity index (χ1n) is 11.4. The summed E-state index contributed by atoms with van der Waals surface area (Å²) in [4.78, 5) is 0. The molecule has 0 N–H and O–H groups in total. The lowest BCUT2D eigenvalue weighted by atomic mass is 9.82. The SMILES string of the molecule is C=CCCc1ccc(-c2ccc(C3CCC(OCCCCC)CC3)cc2F)c(F)c1. The number of hydrogen-bond acceptors (Lipinski definition) is 1. The molecular weight excluding hydrogens is 378 g/mol. The molecule has 0 saturated heterocycles. The molecule has 1 fully saturated rings. The third-order valence-corrected chi connectivity index (χ3v) is 6.20. The molecule has 1 nitrogen and oxygen atoms in total. The maximum atomic E-state index is 14.9. The van der Waals surface area contributed by atoms with Gasteiger partial charge in [0.25, 0.3) is 0 Å². The second-order valence-corrected chi connectivity index (χ2v) is 8.43. The fourth-order valence-corrected chi connectivity index (χ4v) is 4.37. The van der Waals surface area contributed by atoms with Crippen molar-refractivity contribution in [1.82, 2.24) is 0 Å². The molecule has 2 aromatic rings. The van der Waals surface area contributed by atoms with Crippen LogP contribution in [0.5, 0.6) is 0 Å². The first-order chi connectivity index (χ1) is 14.6. The summed E-state index contributed by atoms with van der Waals surface area (Å²) in [5, 5.41) is 0. The van der Waals surface area contributed by atoms with Crippen molar-refractivity contribution < 1.29 is 13.5 Å². The Morgan fingerprint density at radius 1 is 0.967 bits per heavy atom. The van der Waals surface area contributed by atoms with Gasteiger partial charge in [0.2, 0.25) is 0 Å². The summed E-state index contributed by atoms with van der Waals surface area (Å²) in [6.45, 7) is 6.74. The second kappa shape index (κ2) is 11.4. The standard InChI is InChI=1S/C27H34F2O/c1-3-5-7-17-30-23-13-10-21(11-14-23)22-12-16-25(27(29)19-22)24-15-9-20(8-6-4-2)18-26(24)28/h4,9,12,15-16,18-19,21,23H,2-3,5-8,10-11,13-14,17H2,1H3. The van der Waals surface area contributed by atoms with Crippen LogP contribution >= 0.6 is 0 Å². The fraction of sp³-hybridized carbons (Fsp3) is 0.481. The first kappa shape index (κ1) is 22.7. The number of aryl methyl sites for hydroxylation is 1. The second-order valence-electron chi connectivity index (χ2n) is 8.43. The summed E-state index contributed by atoms with van der Waals surface area (Å²) < 4.78 is 35.5. The summed E-state index contributed by atoms with van der Waals surface area (Å²) in [7, 11) is 0. The summed E-state index contributed by atoms with van der Waals surface area (Å²) in [5.74, 6) is -0.359. The quantitative estimate of drug-likeness (QED) is 0.284. The minimum Gasteiger partial charge on any atom is -0.378 e. The lowest BCUT2D eigenvalue weighted by Gasteiger charge is -2.29. The van der Waals surface area contributed by atoms with Gasteiger partial charge < -0.3 is 4.74 Å². The highest BCUT2D eigenvalue weighted by Gasteiger charge is 2.23. The van der Waals surface area contributed by atoms with E-state index in [0.29, 0.717) is 23.1 Å². The number of benzene rings is 2. The van der Waals surface area contributed by atoms with Crippen LogP contribution in [0.15, 0.2) is 49.1 Å². The Morgan fingerprint density at radius 2 is 1.67 bits per heavy atom. The third-order valence-electron chi connectivity index (χ3n) is 6.20. The van der Waals surface area contributed by atoms with E-state index in [2.05, 4.69) is 13.5 Å². The number of rotatable bonds is 10. The van der Waals surface area contributed by atoms with Gasteiger partial charge in [-0.3, -0.25) is 0 Å². The van der Waals surface area contributed by atoms with Crippen LogP contribution in [-0.2, 0) is 11.2 Å². The van der Waals surface area contributed by atoms with Gasteiger partial charge in [0.15, 0.2) is 0 Å². The van der Waals surface area contributed by atoms with E-state index in [1.807, 2.05) is 18.2 Å². The van der Waals surface area contributed by atoms with Crippen LogP contribution in [-0.4, -0.2) is 12.7 Å². The Hall–Kier alpha value is -2.00. The molecule has 1 aliphatic rings. The lowest BCUT2D eigenvalue weighted by Crippen LogP contribution is -2.21. The molecule has 0 aliphatic heterocycles. The van der Waals surface area contributed by atoms with Gasteiger partial charge in [-0.15, -0.1) is 6.58 Å². The van der Waals surface area contributed by atoms with Crippen LogP contribution in [0, 0.1) is 11.6 Å². The van der Waals surface area contributed by atoms with Crippen molar-refractivity contribution in [2.45, 2.75) is 76.7 Å². The van der Waals surface area contributed by atoms with Gasteiger partial charge in [-0.2, -0.15) is 0 Å². The van der Waals surface area contributed by atoms with Crippen molar-refractivity contribution in [3.63, 3.8) is 0 Å². The van der Waals surface area contributed by atoms with Crippen molar-refractivity contribution in [3.05, 3.63) is 71.8 Å². The summed E-state index contributed by atoms with van der Waals surface area (Å²) in [6.07, 6.45) is 11.4. The molecule has 0 radical (unpaired) electrons. The molecule has 1 aliphatic carbocycles. The van der Waals surface area contributed by atoms with Crippen molar-refractivity contribution in [2.75, 3.05) is 6.61 Å². The van der Waals surface area contributed by atoms with Crippen LogP contribution in [0.2, 0.25) is 0 Å². The Bertz CT molecular complexity index is 822. The van der Waals surface area contributed by atoms with E-state index < -0.39 is 0 Å². The number of hydrogen-bond donors (Lipinski definition) is 0. The van der Waals surface area contributed by atoms with Crippen LogP contribution in [0.25, 0.3) is 11.1 Å². The van der Waals surface area contributed by atoms with Gasteiger partial charge in [-0.05, 0) is 74.1 Å². The highest BCUT2D eigenvalue weighted by Crippen LogP contribution is 2.36.